The Balaban J connectivity index is 1.37. The second-order valence-corrected chi connectivity index (χ2v) is 9.92. The quantitative estimate of drug-likeness (QED) is 0.795. The monoisotopic (exact) mass is 397 g/mol. The van der Waals surface area contributed by atoms with Crippen LogP contribution in [-0.4, -0.2) is 52.1 Å². The predicted molar refractivity (Wildman–Crippen MR) is 113 cm³/mol. The molecule has 0 radical (unpaired) electrons. The molecule has 6 heteroatoms. The molecule has 5 nitrogen and oxygen atoms in total. The average molecular weight is 398 g/mol. The minimum absolute atomic E-state index is 0.363. The van der Waals surface area contributed by atoms with Crippen molar-refractivity contribution in [2.75, 3.05) is 41.9 Å². The molecule has 0 atom stereocenters. The Kier molecular flexibility index (Phi) is 4.56. The number of piperazine rings is 1. The van der Waals surface area contributed by atoms with Crippen LogP contribution in [0.4, 0.5) is 11.4 Å². The molecular weight excluding hydrogens is 370 g/mol. The Labute approximate surface area is 167 Å². The number of hydrogen-bond acceptors (Lipinski definition) is 4. The van der Waals surface area contributed by atoms with Crippen molar-refractivity contribution in [2.45, 2.75) is 36.6 Å². The highest BCUT2D eigenvalue weighted by Crippen LogP contribution is 2.36. The zero-order chi connectivity index (χ0) is 19.1. The van der Waals surface area contributed by atoms with Gasteiger partial charge in [-0.3, -0.25) is 9.21 Å². The van der Waals surface area contributed by atoms with Gasteiger partial charge in [-0.1, -0.05) is 30.7 Å². The van der Waals surface area contributed by atoms with Crippen molar-refractivity contribution in [1.29, 1.82) is 0 Å². The number of nitrogens with zero attached hydrogens (tertiary/aromatic N) is 3. The van der Waals surface area contributed by atoms with Crippen LogP contribution in [-0.2, 0) is 16.4 Å². The summed E-state index contributed by atoms with van der Waals surface area (Å²) in [5, 5.41) is 0. The van der Waals surface area contributed by atoms with E-state index in [0.29, 0.717) is 11.4 Å². The van der Waals surface area contributed by atoms with E-state index in [9.17, 15) is 8.42 Å². The first-order valence-corrected chi connectivity index (χ1v) is 11.8. The van der Waals surface area contributed by atoms with Crippen LogP contribution in [0.5, 0.6) is 0 Å². The van der Waals surface area contributed by atoms with Crippen molar-refractivity contribution in [2.24, 2.45) is 0 Å². The van der Waals surface area contributed by atoms with Crippen molar-refractivity contribution >= 4 is 21.4 Å². The summed E-state index contributed by atoms with van der Waals surface area (Å²) < 4.78 is 27.9. The maximum absolute atomic E-state index is 13.1. The van der Waals surface area contributed by atoms with Gasteiger partial charge in [0.1, 0.15) is 0 Å². The SMILES string of the molecule is O=S(=O)(c1ccccc1)N1CCc2ccc(N3CCN(C4CCC4)CC3)cc21. The normalized spacial score (nSPS) is 20.9. The molecule has 1 saturated carbocycles. The summed E-state index contributed by atoms with van der Waals surface area (Å²) in [6, 6.07) is 15.9. The Hall–Kier alpha value is -2.05. The second kappa shape index (κ2) is 7.08. The Morgan fingerprint density at radius 1 is 0.857 bits per heavy atom. The molecule has 2 fully saturated rings. The summed E-state index contributed by atoms with van der Waals surface area (Å²) in [4.78, 5) is 5.39. The highest BCUT2D eigenvalue weighted by Gasteiger charge is 2.32. The number of benzene rings is 2. The van der Waals surface area contributed by atoms with Crippen molar-refractivity contribution in [3.05, 3.63) is 54.1 Å². The van der Waals surface area contributed by atoms with Gasteiger partial charge in [0.05, 0.1) is 10.6 Å². The lowest BCUT2D eigenvalue weighted by atomic mass is 9.91. The molecular formula is C22H27N3O2S. The Morgan fingerprint density at radius 3 is 2.29 bits per heavy atom. The van der Waals surface area contributed by atoms with Gasteiger partial charge in [-0.05, 0) is 49.1 Å². The second-order valence-electron chi connectivity index (χ2n) is 8.06. The van der Waals surface area contributed by atoms with Crippen LogP contribution >= 0.6 is 0 Å². The third-order valence-electron chi connectivity index (χ3n) is 6.52. The van der Waals surface area contributed by atoms with Crippen molar-refractivity contribution in [3.8, 4) is 0 Å². The summed E-state index contributed by atoms with van der Waals surface area (Å²) in [6.07, 6.45) is 4.86. The largest absolute Gasteiger partial charge is 0.369 e. The van der Waals surface area contributed by atoms with Crippen LogP contribution < -0.4 is 9.21 Å². The molecule has 2 aliphatic heterocycles. The Morgan fingerprint density at radius 2 is 1.61 bits per heavy atom. The molecule has 0 aromatic heterocycles. The van der Waals surface area contributed by atoms with Crippen LogP contribution in [0.25, 0.3) is 0 Å². The fourth-order valence-electron chi connectivity index (χ4n) is 4.60. The molecule has 2 aromatic rings. The number of fused-ring (bicyclic) bond motifs is 1. The van der Waals surface area contributed by atoms with E-state index >= 15 is 0 Å². The molecule has 0 unspecified atom stereocenters. The fraction of sp³-hybridized carbons (Fsp3) is 0.455. The summed E-state index contributed by atoms with van der Waals surface area (Å²) >= 11 is 0. The lowest BCUT2D eigenvalue weighted by Gasteiger charge is -2.43. The van der Waals surface area contributed by atoms with Gasteiger partial charge in [0.2, 0.25) is 0 Å². The van der Waals surface area contributed by atoms with Gasteiger partial charge >= 0.3 is 0 Å². The third-order valence-corrected chi connectivity index (χ3v) is 8.35. The van der Waals surface area contributed by atoms with Crippen molar-refractivity contribution in [3.63, 3.8) is 0 Å². The van der Waals surface area contributed by atoms with Gasteiger partial charge in [-0.2, -0.15) is 0 Å². The smallest absolute Gasteiger partial charge is 0.264 e. The first-order chi connectivity index (χ1) is 13.6. The minimum atomic E-state index is -3.51. The third kappa shape index (κ3) is 3.08. The van der Waals surface area contributed by atoms with Gasteiger partial charge < -0.3 is 4.90 Å². The van der Waals surface area contributed by atoms with E-state index in [1.807, 2.05) is 6.07 Å². The van der Waals surface area contributed by atoms with Crippen LogP contribution in [0.2, 0.25) is 0 Å². The molecule has 28 heavy (non-hydrogen) atoms. The first kappa shape index (κ1) is 18.0. The summed E-state index contributed by atoms with van der Waals surface area (Å²) in [5.74, 6) is 0. The van der Waals surface area contributed by atoms with E-state index < -0.39 is 10.0 Å². The maximum Gasteiger partial charge on any atom is 0.264 e. The molecule has 3 aliphatic rings. The maximum atomic E-state index is 13.1. The van der Waals surface area contributed by atoms with Crippen molar-refractivity contribution in [1.82, 2.24) is 4.90 Å². The van der Waals surface area contributed by atoms with Gasteiger partial charge in [0.25, 0.3) is 10.0 Å². The van der Waals surface area contributed by atoms with Gasteiger partial charge in [0.15, 0.2) is 0 Å². The highest BCUT2D eigenvalue weighted by atomic mass is 32.2. The van der Waals surface area contributed by atoms with E-state index in [1.165, 1.54) is 19.3 Å². The fourth-order valence-corrected chi connectivity index (χ4v) is 6.12. The molecule has 2 aromatic carbocycles. The molecule has 1 aliphatic carbocycles. The first-order valence-electron chi connectivity index (χ1n) is 10.3. The lowest BCUT2D eigenvalue weighted by molar-refractivity contribution is 0.120. The summed E-state index contributed by atoms with van der Waals surface area (Å²) in [7, 11) is -3.51. The van der Waals surface area contributed by atoms with E-state index in [2.05, 4.69) is 28.0 Å². The van der Waals surface area contributed by atoms with Gasteiger partial charge in [0, 0.05) is 44.5 Å². The zero-order valence-electron chi connectivity index (χ0n) is 16.1. The van der Waals surface area contributed by atoms with Crippen LogP contribution in [0, 0.1) is 0 Å². The molecule has 148 valence electrons. The van der Waals surface area contributed by atoms with E-state index in [-0.39, 0.29) is 0 Å². The van der Waals surface area contributed by atoms with Gasteiger partial charge in [-0.15, -0.1) is 0 Å². The van der Waals surface area contributed by atoms with Crippen LogP contribution in [0.1, 0.15) is 24.8 Å². The van der Waals surface area contributed by atoms with Crippen LogP contribution in [0.3, 0.4) is 0 Å². The average Bonchev–Trinajstić information content (AvgIpc) is 3.12. The number of rotatable bonds is 4. The molecule has 0 N–H and O–H groups in total. The Bertz CT molecular complexity index is 949. The minimum Gasteiger partial charge on any atom is -0.369 e. The molecule has 5 rings (SSSR count). The van der Waals surface area contributed by atoms with E-state index in [4.69, 9.17) is 0 Å². The number of hydrogen-bond donors (Lipinski definition) is 0. The molecule has 0 amide bonds. The highest BCUT2D eigenvalue weighted by molar-refractivity contribution is 7.92. The van der Waals surface area contributed by atoms with E-state index in [1.54, 1.807) is 28.6 Å². The standard InChI is InChI=1S/C22H27N3O2S/c26-28(27,21-7-2-1-3-8-21)25-12-11-18-9-10-20(17-22(18)25)24-15-13-23(14-16-24)19-5-4-6-19/h1-3,7-10,17,19H,4-6,11-16H2. The summed E-state index contributed by atoms with van der Waals surface area (Å²) in [6.45, 7) is 4.76. The molecule has 2 heterocycles. The van der Waals surface area contributed by atoms with Gasteiger partial charge in [-0.25, -0.2) is 8.42 Å². The molecule has 0 bridgehead atoms. The number of sulfonamides is 1. The topological polar surface area (TPSA) is 43.9 Å². The lowest BCUT2D eigenvalue weighted by Crippen LogP contribution is -2.52. The zero-order valence-corrected chi connectivity index (χ0v) is 16.9. The number of anilines is 2. The molecule has 1 saturated heterocycles. The van der Waals surface area contributed by atoms with Crippen LogP contribution in [0.15, 0.2) is 53.4 Å². The van der Waals surface area contributed by atoms with E-state index in [0.717, 1.165) is 55.6 Å². The summed E-state index contributed by atoms with van der Waals surface area (Å²) in [5.41, 5.74) is 3.11. The molecule has 0 spiro atoms. The predicted octanol–water partition coefficient (Wildman–Crippen LogP) is 3.11. The van der Waals surface area contributed by atoms with Crippen molar-refractivity contribution < 1.29 is 8.42 Å².